The van der Waals surface area contributed by atoms with Crippen LogP contribution in [-0.2, 0) is 11.3 Å². The molecule has 0 radical (unpaired) electrons. The number of rotatable bonds is 8. The molecule has 1 aromatic rings. The molecule has 1 fully saturated rings. The highest BCUT2D eigenvalue weighted by Gasteiger charge is 2.21. The first kappa shape index (κ1) is 16.2. The largest absolute Gasteiger partial charge is 0.383 e. The first-order valence-electron chi connectivity index (χ1n) is 7.75. The number of nitrogens with zero attached hydrogens (tertiary/aromatic N) is 3. The predicted octanol–water partition coefficient (Wildman–Crippen LogP) is 1.21. The van der Waals surface area contributed by atoms with Gasteiger partial charge >= 0.3 is 0 Å². The molecule has 0 spiro atoms. The number of aromatic nitrogens is 1. The fourth-order valence-electron chi connectivity index (χ4n) is 2.85. The molecule has 2 rings (SSSR count). The Kier molecular flexibility index (Phi) is 6.42. The third-order valence-corrected chi connectivity index (χ3v) is 4.10. The lowest BCUT2D eigenvalue weighted by Gasteiger charge is -2.19. The van der Waals surface area contributed by atoms with Gasteiger partial charge in [0.05, 0.1) is 6.61 Å². The molecule has 5 nitrogen and oxygen atoms in total. The van der Waals surface area contributed by atoms with Crippen molar-refractivity contribution in [3.05, 3.63) is 23.9 Å². The van der Waals surface area contributed by atoms with Gasteiger partial charge < -0.3 is 15.0 Å². The van der Waals surface area contributed by atoms with Gasteiger partial charge in [0.1, 0.15) is 5.82 Å². The van der Waals surface area contributed by atoms with Gasteiger partial charge in [0, 0.05) is 40.0 Å². The van der Waals surface area contributed by atoms with E-state index in [0.29, 0.717) is 0 Å². The topological polar surface area (TPSA) is 40.6 Å². The molecule has 1 saturated heterocycles. The summed E-state index contributed by atoms with van der Waals surface area (Å²) in [5.74, 6) is 1.80. The zero-order valence-electron chi connectivity index (χ0n) is 13.5. The van der Waals surface area contributed by atoms with E-state index < -0.39 is 0 Å². The van der Waals surface area contributed by atoms with Gasteiger partial charge in [0.2, 0.25) is 0 Å². The Balaban J connectivity index is 1.82. The molecule has 1 unspecified atom stereocenters. The zero-order chi connectivity index (χ0) is 15.1. The van der Waals surface area contributed by atoms with Gasteiger partial charge in [-0.25, -0.2) is 4.98 Å². The Morgan fingerprint density at radius 2 is 2.33 bits per heavy atom. The zero-order valence-corrected chi connectivity index (χ0v) is 13.5. The second kappa shape index (κ2) is 8.32. The summed E-state index contributed by atoms with van der Waals surface area (Å²) in [6.45, 7) is 6.10. The minimum absolute atomic E-state index is 0.723. The highest BCUT2D eigenvalue weighted by atomic mass is 16.5. The predicted molar refractivity (Wildman–Crippen MR) is 86.7 cm³/mol. The Labute approximate surface area is 128 Å². The number of hydrogen-bond acceptors (Lipinski definition) is 5. The maximum Gasteiger partial charge on any atom is 0.128 e. The van der Waals surface area contributed by atoms with Crippen molar-refractivity contribution >= 4 is 5.82 Å². The summed E-state index contributed by atoms with van der Waals surface area (Å²) in [5.41, 5.74) is 1.30. The van der Waals surface area contributed by atoms with Gasteiger partial charge in [0.15, 0.2) is 0 Å². The molecule has 1 atom stereocenters. The van der Waals surface area contributed by atoms with E-state index in [0.717, 1.165) is 38.0 Å². The number of hydrogen-bond donors (Lipinski definition) is 1. The van der Waals surface area contributed by atoms with Gasteiger partial charge in [0.25, 0.3) is 0 Å². The molecule has 2 heterocycles. The lowest BCUT2D eigenvalue weighted by Crippen LogP contribution is -2.25. The summed E-state index contributed by atoms with van der Waals surface area (Å²) in [4.78, 5) is 9.20. The average Bonchev–Trinajstić information content (AvgIpc) is 2.93. The van der Waals surface area contributed by atoms with Crippen LogP contribution in [0.2, 0.25) is 0 Å². The monoisotopic (exact) mass is 292 g/mol. The van der Waals surface area contributed by atoms with Gasteiger partial charge in [-0.05, 0) is 44.1 Å². The maximum absolute atomic E-state index is 5.10. The summed E-state index contributed by atoms with van der Waals surface area (Å²) in [6, 6.07) is 4.29. The number of anilines is 1. The van der Waals surface area contributed by atoms with E-state index in [1.165, 1.54) is 25.1 Å². The van der Waals surface area contributed by atoms with Gasteiger partial charge in [-0.1, -0.05) is 6.07 Å². The molecular weight excluding hydrogens is 264 g/mol. The number of methoxy groups -OCH3 is 1. The SMILES string of the molecule is CNCC1CCN(Cc2ccc(N(C)CCOC)nc2)C1. The summed E-state index contributed by atoms with van der Waals surface area (Å²) in [6.07, 6.45) is 3.30. The van der Waals surface area contributed by atoms with Crippen molar-refractivity contribution in [2.24, 2.45) is 5.92 Å². The average molecular weight is 292 g/mol. The lowest BCUT2D eigenvalue weighted by atomic mass is 10.1. The minimum Gasteiger partial charge on any atom is -0.383 e. The van der Waals surface area contributed by atoms with Crippen molar-refractivity contribution in [1.29, 1.82) is 0 Å². The van der Waals surface area contributed by atoms with Crippen LogP contribution in [0.5, 0.6) is 0 Å². The first-order valence-corrected chi connectivity index (χ1v) is 7.75. The molecule has 0 aliphatic carbocycles. The lowest BCUT2D eigenvalue weighted by molar-refractivity contribution is 0.206. The Bertz CT molecular complexity index is 409. The Morgan fingerprint density at radius 3 is 3.00 bits per heavy atom. The molecule has 1 aromatic heterocycles. The van der Waals surface area contributed by atoms with Crippen LogP contribution in [0, 0.1) is 5.92 Å². The van der Waals surface area contributed by atoms with Crippen molar-refractivity contribution in [2.75, 3.05) is 58.9 Å². The van der Waals surface area contributed by atoms with E-state index in [-0.39, 0.29) is 0 Å². The minimum atomic E-state index is 0.723. The smallest absolute Gasteiger partial charge is 0.128 e. The number of nitrogens with one attached hydrogen (secondary N) is 1. The molecule has 1 aliphatic rings. The van der Waals surface area contributed by atoms with Crippen molar-refractivity contribution in [2.45, 2.75) is 13.0 Å². The summed E-state index contributed by atoms with van der Waals surface area (Å²) in [5, 5.41) is 3.28. The number of ether oxygens (including phenoxy) is 1. The van der Waals surface area contributed by atoms with E-state index in [2.05, 4.69) is 32.2 Å². The van der Waals surface area contributed by atoms with E-state index in [9.17, 15) is 0 Å². The van der Waals surface area contributed by atoms with Crippen LogP contribution < -0.4 is 10.2 Å². The standard InChI is InChI=1S/C16H28N4O/c1-17-10-15-6-7-20(13-15)12-14-4-5-16(18-11-14)19(2)8-9-21-3/h4-5,11,15,17H,6-10,12-13H2,1-3H3. The number of pyridine rings is 1. The fourth-order valence-corrected chi connectivity index (χ4v) is 2.85. The van der Waals surface area contributed by atoms with Crippen LogP contribution in [0.25, 0.3) is 0 Å². The molecule has 0 amide bonds. The molecule has 118 valence electrons. The molecule has 0 bridgehead atoms. The fraction of sp³-hybridized carbons (Fsp3) is 0.688. The molecule has 5 heteroatoms. The molecule has 21 heavy (non-hydrogen) atoms. The van der Waals surface area contributed by atoms with Crippen LogP contribution in [0.3, 0.4) is 0 Å². The van der Waals surface area contributed by atoms with Gasteiger partial charge in [-0.3, -0.25) is 4.90 Å². The van der Waals surface area contributed by atoms with Crippen LogP contribution in [0.4, 0.5) is 5.82 Å². The van der Waals surface area contributed by atoms with Gasteiger partial charge in [-0.15, -0.1) is 0 Å². The van der Waals surface area contributed by atoms with Crippen LogP contribution in [-0.4, -0.2) is 63.9 Å². The van der Waals surface area contributed by atoms with Crippen molar-refractivity contribution in [3.63, 3.8) is 0 Å². The van der Waals surface area contributed by atoms with E-state index >= 15 is 0 Å². The van der Waals surface area contributed by atoms with Crippen molar-refractivity contribution < 1.29 is 4.74 Å². The summed E-state index contributed by atoms with van der Waals surface area (Å²) in [7, 11) is 5.80. The van der Waals surface area contributed by atoms with E-state index in [1.807, 2.05) is 20.3 Å². The normalized spacial score (nSPS) is 19.1. The quantitative estimate of drug-likeness (QED) is 0.780. The van der Waals surface area contributed by atoms with Gasteiger partial charge in [-0.2, -0.15) is 0 Å². The van der Waals surface area contributed by atoms with Crippen LogP contribution >= 0.6 is 0 Å². The van der Waals surface area contributed by atoms with E-state index in [4.69, 9.17) is 4.74 Å². The second-order valence-electron chi connectivity index (χ2n) is 5.89. The molecule has 0 aromatic carbocycles. The van der Waals surface area contributed by atoms with Crippen LogP contribution in [0.1, 0.15) is 12.0 Å². The number of likely N-dealkylation sites (N-methyl/N-ethyl adjacent to an activating group) is 1. The van der Waals surface area contributed by atoms with E-state index in [1.54, 1.807) is 7.11 Å². The summed E-state index contributed by atoms with van der Waals surface area (Å²) >= 11 is 0. The highest BCUT2D eigenvalue weighted by Crippen LogP contribution is 2.18. The molecule has 1 N–H and O–H groups in total. The number of likely N-dealkylation sites (tertiary alicyclic amines) is 1. The maximum atomic E-state index is 5.10. The molecule has 0 saturated carbocycles. The van der Waals surface area contributed by atoms with Crippen molar-refractivity contribution in [3.8, 4) is 0 Å². The third-order valence-electron chi connectivity index (χ3n) is 4.10. The Hall–Kier alpha value is -1.17. The van der Waals surface area contributed by atoms with Crippen LogP contribution in [0.15, 0.2) is 18.3 Å². The third kappa shape index (κ3) is 4.95. The first-order chi connectivity index (χ1) is 10.2. The molecule has 1 aliphatic heterocycles. The van der Waals surface area contributed by atoms with Crippen molar-refractivity contribution in [1.82, 2.24) is 15.2 Å². The summed E-state index contributed by atoms with van der Waals surface area (Å²) < 4.78 is 5.10. The Morgan fingerprint density at radius 1 is 1.48 bits per heavy atom. The highest BCUT2D eigenvalue weighted by molar-refractivity contribution is 5.38. The molecular formula is C16H28N4O. The second-order valence-corrected chi connectivity index (χ2v) is 5.89.